The predicted molar refractivity (Wildman–Crippen MR) is 115 cm³/mol. The molecule has 5 nitrogen and oxygen atoms in total. The number of hydrogen-bond donors (Lipinski definition) is 1. The van der Waals surface area contributed by atoms with Crippen molar-refractivity contribution in [3.8, 4) is 0 Å². The van der Waals surface area contributed by atoms with Gasteiger partial charge in [0.05, 0.1) is 20.9 Å². The molecule has 0 heterocycles. The maximum Gasteiger partial charge on any atom is 0.207 e. The minimum Gasteiger partial charge on any atom is -0.384 e. The van der Waals surface area contributed by atoms with Gasteiger partial charge < -0.3 is 5.32 Å². The summed E-state index contributed by atoms with van der Waals surface area (Å²) in [6.07, 6.45) is 0.816. The van der Waals surface area contributed by atoms with Crippen LogP contribution in [-0.4, -0.2) is 26.5 Å². The summed E-state index contributed by atoms with van der Waals surface area (Å²) in [4.78, 5) is 26.6. The molecule has 1 aliphatic carbocycles. The normalized spacial score (nSPS) is 13.0. The van der Waals surface area contributed by atoms with Gasteiger partial charge in [-0.25, -0.2) is 8.42 Å². The highest BCUT2D eigenvalue weighted by atomic mass is 32.2. The zero-order valence-electron chi connectivity index (χ0n) is 16.7. The first kappa shape index (κ1) is 20.0. The Bertz CT molecular complexity index is 1280. The van der Waals surface area contributed by atoms with Crippen molar-refractivity contribution in [2.24, 2.45) is 0 Å². The molecule has 30 heavy (non-hydrogen) atoms. The third kappa shape index (κ3) is 3.13. The fourth-order valence-corrected chi connectivity index (χ4v) is 5.13. The van der Waals surface area contributed by atoms with Gasteiger partial charge in [-0.1, -0.05) is 48.9 Å². The average molecular weight is 420 g/mol. The van der Waals surface area contributed by atoms with Crippen LogP contribution in [0.15, 0.2) is 70.5 Å². The molecule has 1 aliphatic rings. The second kappa shape index (κ2) is 7.54. The van der Waals surface area contributed by atoms with Gasteiger partial charge in [0.1, 0.15) is 0 Å². The molecule has 0 aromatic heterocycles. The topological polar surface area (TPSA) is 80.3 Å². The van der Waals surface area contributed by atoms with Crippen molar-refractivity contribution in [1.82, 2.24) is 0 Å². The summed E-state index contributed by atoms with van der Waals surface area (Å²) in [5.41, 5.74) is 1.99. The van der Waals surface area contributed by atoms with E-state index in [1.807, 2.05) is 13.8 Å². The molecule has 6 heteroatoms. The summed E-state index contributed by atoms with van der Waals surface area (Å²) in [5, 5.41) is 3.16. The SMILES string of the molecule is CCCNc1ccc(S(=O)(=O)c2ccc(C)cc2)c2c1C(=O)c1ccccc1C2=O. The first-order chi connectivity index (χ1) is 14.4. The van der Waals surface area contributed by atoms with Gasteiger partial charge in [-0.15, -0.1) is 0 Å². The van der Waals surface area contributed by atoms with Crippen LogP contribution in [0.3, 0.4) is 0 Å². The Morgan fingerprint density at radius 3 is 2.00 bits per heavy atom. The summed E-state index contributed by atoms with van der Waals surface area (Å²) in [6, 6.07) is 16.0. The molecule has 3 aromatic rings. The number of ketones is 2. The Balaban J connectivity index is 2.00. The van der Waals surface area contributed by atoms with Gasteiger partial charge in [0.15, 0.2) is 11.6 Å². The van der Waals surface area contributed by atoms with Crippen LogP contribution in [0, 0.1) is 6.92 Å². The molecule has 4 rings (SSSR count). The van der Waals surface area contributed by atoms with Gasteiger partial charge in [0.25, 0.3) is 0 Å². The number of hydrogen-bond acceptors (Lipinski definition) is 5. The molecular weight excluding hydrogens is 398 g/mol. The van der Waals surface area contributed by atoms with E-state index in [4.69, 9.17) is 0 Å². The highest BCUT2D eigenvalue weighted by Gasteiger charge is 2.37. The van der Waals surface area contributed by atoms with Crippen LogP contribution in [0.2, 0.25) is 0 Å². The number of sulfone groups is 1. The van der Waals surface area contributed by atoms with Crippen LogP contribution in [0.1, 0.15) is 50.8 Å². The van der Waals surface area contributed by atoms with Crippen molar-refractivity contribution >= 4 is 27.1 Å². The van der Waals surface area contributed by atoms with E-state index in [1.165, 1.54) is 18.2 Å². The van der Waals surface area contributed by atoms with E-state index in [2.05, 4.69) is 5.32 Å². The van der Waals surface area contributed by atoms with Crippen molar-refractivity contribution in [1.29, 1.82) is 0 Å². The summed E-state index contributed by atoms with van der Waals surface area (Å²) in [7, 11) is -3.99. The third-order valence-electron chi connectivity index (χ3n) is 5.22. The summed E-state index contributed by atoms with van der Waals surface area (Å²) < 4.78 is 26.8. The molecule has 152 valence electrons. The van der Waals surface area contributed by atoms with Crippen molar-refractivity contribution in [3.05, 3.63) is 88.5 Å². The number of rotatable bonds is 5. The van der Waals surface area contributed by atoms with Crippen LogP contribution in [0.25, 0.3) is 0 Å². The van der Waals surface area contributed by atoms with Gasteiger partial charge in [-0.05, 0) is 37.6 Å². The predicted octanol–water partition coefficient (Wildman–Crippen LogP) is 4.43. The lowest BCUT2D eigenvalue weighted by molar-refractivity contribution is 0.0977. The molecule has 3 aromatic carbocycles. The Morgan fingerprint density at radius 2 is 1.40 bits per heavy atom. The molecular formula is C24H21NO4S. The molecule has 0 amide bonds. The maximum absolute atomic E-state index is 13.4. The largest absolute Gasteiger partial charge is 0.384 e. The second-order valence-corrected chi connectivity index (χ2v) is 9.23. The molecule has 0 aliphatic heterocycles. The number of carbonyl (C=O) groups is 2. The number of benzene rings is 3. The summed E-state index contributed by atoms with van der Waals surface area (Å²) >= 11 is 0. The lowest BCUT2D eigenvalue weighted by atomic mass is 9.83. The number of carbonyl (C=O) groups excluding carboxylic acids is 2. The van der Waals surface area contributed by atoms with Crippen LogP contribution in [0.4, 0.5) is 5.69 Å². The van der Waals surface area contributed by atoms with Crippen LogP contribution < -0.4 is 5.32 Å². The fourth-order valence-electron chi connectivity index (χ4n) is 3.67. The first-order valence-electron chi connectivity index (χ1n) is 9.77. The maximum atomic E-state index is 13.4. The number of fused-ring (bicyclic) bond motifs is 2. The molecule has 1 N–H and O–H groups in total. The minimum absolute atomic E-state index is 0.0552. The second-order valence-electron chi connectivity index (χ2n) is 7.31. The Hall–Kier alpha value is -3.25. The monoisotopic (exact) mass is 419 g/mol. The van der Waals surface area contributed by atoms with Crippen LogP contribution in [-0.2, 0) is 9.84 Å². The average Bonchev–Trinajstić information content (AvgIpc) is 2.75. The summed E-state index contributed by atoms with van der Waals surface area (Å²) in [5.74, 6) is -0.800. The molecule has 0 atom stereocenters. The molecule has 0 fully saturated rings. The first-order valence-corrected chi connectivity index (χ1v) is 11.3. The van der Waals surface area contributed by atoms with E-state index in [9.17, 15) is 18.0 Å². The lowest BCUT2D eigenvalue weighted by Gasteiger charge is -2.23. The van der Waals surface area contributed by atoms with Gasteiger partial charge in [0, 0.05) is 23.4 Å². The van der Waals surface area contributed by atoms with E-state index in [0.29, 0.717) is 17.8 Å². The quantitative estimate of drug-likeness (QED) is 0.518. The summed E-state index contributed by atoms with van der Waals surface area (Å²) in [6.45, 7) is 4.45. The van der Waals surface area contributed by atoms with Crippen LogP contribution in [0.5, 0.6) is 0 Å². The van der Waals surface area contributed by atoms with E-state index >= 15 is 0 Å². The standard InChI is InChI=1S/C24H21NO4S/c1-3-14-25-19-12-13-20(30(28,29)16-10-8-15(2)9-11-16)22-21(19)23(26)17-6-4-5-7-18(17)24(22)27/h4-13,25H,3,14H2,1-2H3. The Morgan fingerprint density at radius 1 is 0.800 bits per heavy atom. The number of anilines is 1. The van der Waals surface area contributed by atoms with Crippen LogP contribution >= 0.6 is 0 Å². The van der Waals surface area contributed by atoms with Gasteiger partial charge in [-0.2, -0.15) is 0 Å². The fraction of sp³-hybridized carbons (Fsp3) is 0.167. The number of aryl methyl sites for hydroxylation is 1. The molecule has 0 spiro atoms. The van der Waals surface area contributed by atoms with Gasteiger partial charge in [-0.3, -0.25) is 9.59 Å². The third-order valence-corrected chi connectivity index (χ3v) is 7.04. The van der Waals surface area contributed by atoms with Crippen molar-refractivity contribution in [2.75, 3.05) is 11.9 Å². The Kier molecular flexibility index (Phi) is 5.03. The van der Waals surface area contributed by atoms with E-state index < -0.39 is 15.6 Å². The van der Waals surface area contributed by atoms with E-state index in [1.54, 1.807) is 42.5 Å². The highest BCUT2D eigenvalue weighted by Crippen LogP contribution is 2.37. The Labute approximate surface area is 175 Å². The molecule has 0 bridgehead atoms. The number of nitrogens with one attached hydrogen (secondary N) is 1. The highest BCUT2D eigenvalue weighted by molar-refractivity contribution is 7.91. The lowest BCUT2D eigenvalue weighted by Crippen LogP contribution is -2.25. The van der Waals surface area contributed by atoms with Gasteiger partial charge >= 0.3 is 0 Å². The van der Waals surface area contributed by atoms with E-state index in [-0.39, 0.29) is 32.3 Å². The smallest absolute Gasteiger partial charge is 0.207 e. The molecule has 0 saturated heterocycles. The molecule has 0 radical (unpaired) electrons. The van der Waals surface area contributed by atoms with Crippen molar-refractivity contribution < 1.29 is 18.0 Å². The molecule has 0 unspecified atom stereocenters. The zero-order chi connectivity index (χ0) is 21.5. The van der Waals surface area contributed by atoms with Crippen molar-refractivity contribution in [3.63, 3.8) is 0 Å². The van der Waals surface area contributed by atoms with E-state index in [0.717, 1.165) is 12.0 Å². The van der Waals surface area contributed by atoms with Gasteiger partial charge in [0.2, 0.25) is 9.84 Å². The minimum atomic E-state index is -3.99. The zero-order valence-corrected chi connectivity index (χ0v) is 17.5. The molecule has 0 saturated carbocycles. The van der Waals surface area contributed by atoms with Crippen molar-refractivity contribution in [2.45, 2.75) is 30.1 Å².